The normalized spacial score (nSPS) is 25.1. The molecule has 1 heterocycles. The number of carbonyl (C=O) groups excluding carboxylic acids is 1. The topological polar surface area (TPSA) is 38.8 Å². The Balaban J connectivity index is 1.72. The summed E-state index contributed by atoms with van der Waals surface area (Å²) in [4.78, 5) is 13.9. The van der Waals surface area contributed by atoms with Crippen LogP contribution in [0.1, 0.15) is 59.8 Å². The van der Waals surface area contributed by atoms with Crippen molar-refractivity contribution in [1.29, 1.82) is 0 Å². The van der Waals surface area contributed by atoms with Crippen molar-refractivity contribution in [2.75, 3.05) is 13.1 Å². The number of likely N-dealkylation sites (tertiary alicyclic amines) is 1. The first-order valence-electron chi connectivity index (χ1n) is 8.07. The third-order valence-corrected chi connectivity index (χ3v) is 4.77. The van der Waals surface area contributed by atoms with Crippen LogP contribution in [0.2, 0.25) is 0 Å². The summed E-state index contributed by atoms with van der Waals surface area (Å²) in [6.07, 6.45) is 5.58. The molecule has 2 atom stereocenters. The summed E-state index contributed by atoms with van der Waals surface area (Å²) < 4.78 is 11.5. The molecule has 1 aliphatic carbocycles. The molecule has 116 valence electrons. The van der Waals surface area contributed by atoms with E-state index >= 15 is 0 Å². The standard InChI is InChI=1S/C16H29NO3/c1-5-12(2)19-13(3)14-6-10-17(11-7-14)15(18)20-16(4)8-9-16/h12-14H,5-11H2,1-4H3. The second-order valence-corrected chi connectivity index (χ2v) is 6.70. The number of nitrogens with zero attached hydrogens (tertiary/aromatic N) is 1. The Kier molecular flexibility index (Phi) is 4.95. The van der Waals surface area contributed by atoms with Crippen LogP contribution in [-0.4, -0.2) is 41.9 Å². The first-order valence-corrected chi connectivity index (χ1v) is 8.07. The lowest BCUT2D eigenvalue weighted by molar-refractivity contribution is -0.0409. The van der Waals surface area contributed by atoms with Gasteiger partial charge in [-0.3, -0.25) is 0 Å². The molecule has 20 heavy (non-hydrogen) atoms. The smallest absolute Gasteiger partial charge is 0.410 e. The molecule has 0 N–H and O–H groups in total. The largest absolute Gasteiger partial charge is 0.443 e. The maximum Gasteiger partial charge on any atom is 0.410 e. The Labute approximate surface area is 122 Å². The zero-order valence-electron chi connectivity index (χ0n) is 13.4. The van der Waals surface area contributed by atoms with Crippen LogP contribution >= 0.6 is 0 Å². The highest BCUT2D eigenvalue weighted by atomic mass is 16.6. The fourth-order valence-electron chi connectivity index (χ4n) is 2.68. The van der Waals surface area contributed by atoms with Gasteiger partial charge in [-0.15, -0.1) is 0 Å². The van der Waals surface area contributed by atoms with E-state index in [-0.39, 0.29) is 17.8 Å². The molecule has 0 aromatic carbocycles. The van der Waals surface area contributed by atoms with Gasteiger partial charge in [-0.2, -0.15) is 0 Å². The van der Waals surface area contributed by atoms with Crippen LogP contribution in [0.3, 0.4) is 0 Å². The zero-order valence-corrected chi connectivity index (χ0v) is 13.4. The molecule has 0 bridgehead atoms. The summed E-state index contributed by atoms with van der Waals surface area (Å²) in [6.45, 7) is 10.0. The SMILES string of the molecule is CCC(C)OC(C)C1CCN(C(=O)OC2(C)CC2)CC1. The maximum atomic E-state index is 12.0. The zero-order chi connectivity index (χ0) is 14.8. The minimum atomic E-state index is -0.166. The Hall–Kier alpha value is -0.770. The van der Waals surface area contributed by atoms with Crippen LogP contribution in [0.5, 0.6) is 0 Å². The van der Waals surface area contributed by atoms with Crippen molar-refractivity contribution in [3.05, 3.63) is 0 Å². The number of piperidine rings is 1. The minimum absolute atomic E-state index is 0.126. The molecule has 2 aliphatic rings. The average Bonchev–Trinajstić information content (AvgIpc) is 3.16. The van der Waals surface area contributed by atoms with Gasteiger partial charge in [0, 0.05) is 13.1 Å². The lowest BCUT2D eigenvalue weighted by Gasteiger charge is -2.35. The Morgan fingerprint density at radius 1 is 1.30 bits per heavy atom. The number of carbonyl (C=O) groups is 1. The maximum absolute atomic E-state index is 12.0. The van der Waals surface area contributed by atoms with Gasteiger partial charge in [0.05, 0.1) is 12.2 Å². The van der Waals surface area contributed by atoms with Gasteiger partial charge in [0.1, 0.15) is 5.60 Å². The lowest BCUT2D eigenvalue weighted by Crippen LogP contribution is -2.43. The molecule has 1 aliphatic heterocycles. The number of amides is 1. The summed E-state index contributed by atoms with van der Waals surface area (Å²) in [5.41, 5.74) is -0.166. The van der Waals surface area contributed by atoms with Crippen molar-refractivity contribution < 1.29 is 14.3 Å². The number of rotatable bonds is 5. The van der Waals surface area contributed by atoms with E-state index in [9.17, 15) is 4.79 Å². The lowest BCUT2D eigenvalue weighted by atomic mass is 9.92. The van der Waals surface area contributed by atoms with E-state index in [0.29, 0.717) is 12.0 Å². The van der Waals surface area contributed by atoms with Crippen LogP contribution in [0, 0.1) is 5.92 Å². The van der Waals surface area contributed by atoms with Gasteiger partial charge in [0.15, 0.2) is 0 Å². The van der Waals surface area contributed by atoms with Crippen LogP contribution in [0.4, 0.5) is 4.79 Å². The summed E-state index contributed by atoms with van der Waals surface area (Å²) >= 11 is 0. The van der Waals surface area contributed by atoms with Gasteiger partial charge in [0.2, 0.25) is 0 Å². The van der Waals surface area contributed by atoms with Gasteiger partial charge in [-0.1, -0.05) is 6.92 Å². The van der Waals surface area contributed by atoms with Crippen LogP contribution in [-0.2, 0) is 9.47 Å². The monoisotopic (exact) mass is 283 g/mol. The molecule has 1 saturated heterocycles. The number of ether oxygens (including phenoxy) is 2. The second kappa shape index (κ2) is 6.33. The van der Waals surface area contributed by atoms with Gasteiger partial charge >= 0.3 is 6.09 Å². The molecule has 4 heteroatoms. The molecular formula is C16H29NO3. The predicted molar refractivity (Wildman–Crippen MR) is 78.7 cm³/mol. The Morgan fingerprint density at radius 2 is 1.90 bits per heavy atom. The van der Waals surface area contributed by atoms with E-state index in [4.69, 9.17) is 9.47 Å². The molecule has 0 spiro atoms. The first-order chi connectivity index (χ1) is 9.43. The van der Waals surface area contributed by atoms with E-state index in [1.54, 1.807) is 0 Å². The van der Waals surface area contributed by atoms with Gasteiger partial charge < -0.3 is 14.4 Å². The van der Waals surface area contributed by atoms with Gasteiger partial charge in [-0.25, -0.2) is 4.79 Å². The highest BCUT2D eigenvalue weighted by Gasteiger charge is 2.43. The summed E-state index contributed by atoms with van der Waals surface area (Å²) in [5.74, 6) is 0.560. The quantitative estimate of drug-likeness (QED) is 0.774. The third-order valence-electron chi connectivity index (χ3n) is 4.77. The summed E-state index contributed by atoms with van der Waals surface area (Å²) in [6, 6.07) is 0. The highest BCUT2D eigenvalue weighted by Crippen LogP contribution is 2.39. The molecule has 4 nitrogen and oxygen atoms in total. The molecular weight excluding hydrogens is 254 g/mol. The van der Waals surface area contributed by atoms with Crippen molar-refractivity contribution in [2.24, 2.45) is 5.92 Å². The van der Waals surface area contributed by atoms with Crippen LogP contribution in [0.15, 0.2) is 0 Å². The molecule has 2 fully saturated rings. The summed E-state index contributed by atoms with van der Waals surface area (Å²) in [5, 5.41) is 0. The highest BCUT2D eigenvalue weighted by molar-refractivity contribution is 5.68. The second-order valence-electron chi connectivity index (χ2n) is 6.70. The number of hydrogen-bond acceptors (Lipinski definition) is 3. The average molecular weight is 283 g/mol. The predicted octanol–water partition coefficient (Wildman–Crippen LogP) is 3.59. The fourth-order valence-corrected chi connectivity index (χ4v) is 2.68. The van der Waals surface area contributed by atoms with Crippen LogP contribution < -0.4 is 0 Å². The molecule has 1 saturated carbocycles. The van der Waals surface area contributed by atoms with E-state index in [1.807, 2.05) is 11.8 Å². The molecule has 0 aromatic heterocycles. The first kappa shape index (κ1) is 15.6. The van der Waals surface area contributed by atoms with Crippen LogP contribution in [0.25, 0.3) is 0 Å². The summed E-state index contributed by atoms with van der Waals surface area (Å²) in [7, 11) is 0. The van der Waals surface area contributed by atoms with Gasteiger partial charge in [0.25, 0.3) is 0 Å². The van der Waals surface area contributed by atoms with E-state index in [2.05, 4.69) is 20.8 Å². The molecule has 1 amide bonds. The van der Waals surface area contributed by atoms with E-state index in [1.165, 1.54) is 0 Å². The Bertz CT molecular complexity index is 333. The van der Waals surface area contributed by atoms with Crippen molar-refractivity contribution in [1.82, 2.24) is 4.90 Å². The van der Waals surface area contributed by atoms with E-state index < -0.39 is 0 Å². The molecule has 0 radical (unpaired) electrons. The molecule has 0 aromatic rings. The fraction of sp³-hybridized carbons (Fsp3) is 0.938. The van der Waals surface area contributed by atoms with E-state index in [0.717, 1.165) is 45.2 Å². The minimum Gasteiger partial charge on any atom is -0.443 e. The number of hydrogen-bond donors (Lipinski definition) is 0. The van der Waals surface area contributed by atoms with Crippen molar-refractivity contribution in [3.8, 4) is 0 Å². The van der Waals surface area contributed by atoms with Gasteiger partial charge in [-0.05, 0) is 58.8 Å². The van der Waals surface area contributed by atoms with Crippen molar-refractivity contribution in [2.45, 2.75) is 77.6 Å². The molecule has 2 unspecified atom stereocenters. The molecule has 2 rings (SSSR count). The van der Waals surface area contributed by atoms with Crippen molar-refractivity contribution >= 4 is 6.09 Å². The van der Waals surface area contributed by atoms with Crippen molar-refractivity contribution in [3.63, 3.8) is 0 Å². The third kappa shape index (κ3) is 4.11. The Morgan fingerprint density at radius 3 is 2.40 bits per heavy atom.